The largest absolute Gasteiger partial charge is 0.422 e. The summed E-state index contributed by atoms with van der Waals surface area (Å²) in [6, 6.07) is 13.8. The van der Waals surface area contributed by atoms with E-state index in [-0.39, 0.29) is 11.6 Å². The van der Waals surface area contributed by atoms with E-state index >= 15 is 0 Å². The lowest BCUT2D eigenvalue weighted by Gasteiger charge is -2.15. The predicted molar refractivity (Wildman–Crippen MR) is 107 cm³/mol. The SMILES string of the molecule is C[C@H](NC(=O)c1cc2cc(Cl)ccc2oc1=O)c1ccc(-n2ccnc2)cc1. The van der Waals surface area contributed by atoms with Crippen LogP contribution in [0.15, 0.2) is 76.5 Å². The van der Waals surface area contributed by atoms with Crippen molar-refractivity contribution in [1.82, 2.24) is 14.9 Å². The van der Waals surface area contributed by atoms with Crippen molar-refractivity contribution in [1.29, 1.82) is 0 Å². The molecule has 2 aromatic heterocycles. The third kappa shape index (κ3) is 3.54. The van der Waals surface area contributed by atoms with Crippen LogP contribution in [0.4, 0.5) is 0 Å². The van der Waals surface area contributed by atoms with Gasteiger partial charge in [0.25, 0.3) is 5.91 Å². The number of rotatable bonds is 4. The Morgan fingerprint density at radius 1 is 1.18 bits per heavy atom. The van der Waals surface area contributed by atoms with E-state index in [4.69, 9.17) is 16.0 Å². The number of imidazole rings is 1. The van der Waals surface area contributed by atoms with Crippen LogP contribution in [0.3, 0.4) is 0 Å². The van der Waals surface area contributed by atoms with Crippen molar-refractivity contribution >= 4 is 28.5 Å². The molecule has 0 radical (unpaired) electrons. The zero-order chi connectivity index (χ0) is 19.7. The summed E-state index contributed by atoms with van der Waals surface area (Å²) in [4.78, 5) is 28.8. The van der Waals surface area contributed by atoms with Crippen LogP contribution in [0.1, 0.15) is 28.9 Å². The lowest BCUT2D eigenvalue weighted by molar-refractivity contribution is 0.0936. The number of hydrogen-bond donors (Lipinski definition) is 1. The van der Waals surface area contributed by atoms with Crippen molar-refractivity contribution in [3.63, 3.8) is 0 Å². The molecule has 0 aliphatic heterocycles. The molecule has 28 heavy (non-hydrogen) atoms. The molecule has 0 saturated heterocycles. The number of nitrogens with zero attached hydrogens (tertiary/aromatic N) is 2. The van der Waals surface area contributed by atoms with Crippen LogP contribution in [0, 0.1) is 0 Å². The second-order valence-corrected chi connectivity index (χ2v) is 6.82. The number of halogens is 1. The minimum atomic E-state index is -0.685. The number of hydrogen-bond acceptors (Lipinski definition) is 4. The lowest BCUT2D eigenvalue weighted by atomic mass is 10.1. The van der Waals surface area contributed by atoms with E-state index < -0.39 is 11.5 Å². The quantitative estimate of drug-likeness (QED) is 0.529. The molecular formula is C21H16ClN3O3. The van der Waals surface area contributed by atoms with Gasteiger partial charge in [0.05, 0.1) is 12.4 Å². The highest BCUT2D eigenvalue weighted by molar-refractivity contribution is 6.31. The Balaban J connectivity index is 1.55. The number of aromatic nitrogens is 2. The van der Waals surface area contributed by atoms with Crippen LogP contribution in [0.25, 0.3) is 16.7 Å². The van der Waals surface area contributed by atoms with E-state index in [0.717, 1.165) is 11.3 Å². The van der Waals surface area contributed by atoms with Gasteiger partial charge in [-0.15, -0.1) is 0 Å². The van der Waals surface area contributed by atoms with Gasteiger partial charge in [-0.3, -0.25) is 4.79 Å². The second-order valence-electron chi connectivity index (χ2n) is 6.39. The first kappa shape index (κ1) is 18.0. The molecule has 6 nitrogen and oxygen atoms in total. The van der Waals surface area contributed by atoms with Crippen molar-refractivity contribution in [3.05, 3.63) is 93.8 Å². The number of amides is 1. The zero-order valence-corrected chi connectivity index (χ0v) is 15.7. The molecule has 0 spiro atoms. The normalized spacial score (nSPS) is 12.1. The maximum absolute atomic E-state index is 12.6. The molecule has 0 fully saturated rings. The van der Waals surface area contributed by atoms with E-state index in [9.17, 15) is 9.59 Å². The zero-order valence-electron chi connectivity index (χ0n) is 14.9. The summed E-state index contributed by atoms with van der Waals surface area (Å²) >= 11 is 5.98. The number of nitrogens with one attached hydrogen (secondary N) is 1. The maximum Gasteiger partial charge on any atom is 0.349 e. The highest BCUT2D eigenvalue weighted by atomic mass is 35.5. The molecule has 1 N–H and O–H groups in total. The van der Waals surface area contributed by atoms with Crippen LogP contribution < -0.4 is 10.9 Å². The third-order valence-corrected chi connectivity index (χ3v) is 4.72. The van der Waals surface area contributed by atoms with Crippen molar-refractivity contribution in [2.45, 2.75) is 13.0 Å². The van der Waals surface area contributed by atoms with Crippen LogP contribution in [-0.2, 0) is 0 Å². The fourth-order valence-corrected chi connectivity index (χ4v) is 3.14. The topological polar surface area (TPSA) is 77.1 Å². The van der Waals surface area contributed by atoms with Crippen LogP contribution >= 0.6 is 11.6 Å². The Labute approximate surface area is 165 Å². The first-order chi connectivity index (χ1) is 13.5. The Morgan fingerprint density at radius 2 is 1.96 bits per heavy atom. The number of carbonyl (C=O) groups is 1. The highest BCUT2D eigenvalue weighted by Gasteiger charge is 2.17. The van der Waals surface area contributed by atoms with Crippen LogP contribution in [0.2, 0.25) is 5.02 Å². The van der Waals surface area contributed by atoms with Crippen LogP contribution in [-0.4, -0.2) is 15.5 Å². The Kier molecular flexibility index (Phi) is 4.71. The summed E-state index contributed by atoms with van der Waals surface area (Å²) < 4.78 is 7.12. The minimum absolute atomic E-state index is 0.0587. The third-order valence-electron chi connectivity index (χ3n) is 4.48. The molecule has 2 aromatic carbocycles. The van der Waals surface area contributed by atoms with Crippen molar-refractivity contribution < 1.29 is 9.21 Å². The summed E-state index contributed by atoms with van der Waals surface area (Å²) in [5.41, 5.74) is 1.51. The molecule has 4 aromatic rings. The van der Waals surface area contributed by atoms with Gasteiger partial charge in [-0.2, -0.15) is 0 Å². The van der Waals surface area contributed by atoms with Crippen molar-refractivity contribution in [2.24, 2.45) is 0 Å². The Bertz CT molecular complexity index is 1200. The summed E-state index contributed by atoms with van der Waals surface area (Å²) in [6.45, 7) is 1.85. The second kappa shape index (κ2) is 7.32. The molecule has 140 valence electrons. The van der Waals surface area contributed by atoms with E-state index in [1.165, 1.54) is 6.07 Å². The molecule has 0 unspecified atom stereocenters. The van der Waals surface area contributed by atoms with E-state index in [1.54, 1.807) is 30.7 Å². The van der Waals surface area contributed by atoms with E-state index in [2.05, 4.69) is 10.3 Å². The van der Waals surface area contributed by atoms with Gasteiger partial charge in [-0.1, -0.05) is 23.7 Å². The summed E-state index contributed by atoms with van der Waals surface area (Å²) in [6.07, 6.45) is 5.27. The Hall–Kier alpha value is -3.38. The molecule has 0 aliphatic rings. The summed E-state index contributed by atoms with van der Waals surface area (Å²) in [7, 11) is 0. The first-order valence-corrected chi connectivity index (χ1v) is 9.01. The van der Waals surface area contributed by atoms with Gasteiger partial charge in [0.1, 0.15) is 11.1 Å². The molecule has 2 heterocycles. The van der Waals surface area contributed by atoms with E-state index in [1.807, 2.05) is 42.0 Å². The average Bonchev–Trinajstić information content (AvgIpc) is 3.22. The molecule has 1 atom stereocenters. The first-order valence-electron chi connectivity index (χ1n) is 8.64. The molecular weight excluding hydrogens is 378 g/mol. The molecule has 0 saturated carbocycles. The fourth-order valence-electron chi connectivity index (χ4n) is 2.96. The average molecular weight is 394 g/mol. The molecule has 0 bridgehead atoms. The lowest BCUT2D eigenvalue weighted by Crippen LogP contribution is -2.30. The van der Waals surface area contributed by atoms with Gasteiger partial charge in [-0.05, 0) is 48.9 Å². The van der Waals surface area contributed by atoms with Gasteiger partial charge < -0.3 is 14.3 Å². The van der Waals surface area contributed by atoms with E-state index in [0.29, 0.717) is 16.0 Å². The highest BCUT2D eigenvalue weighted by Crippen LogP contribution is 2.20. The number of carbonyl (C=O) groups excluding carboxylic acids is 1. The summed E-state index contributed by atoms with van der Waals surface area (Å²) in [5, 5.41) is 3.93. The number of fused-ring (bicyclic) bond motifs is 1. The smallest absolute Gasteiger partial charge is 0.349 e. The van der Waals surface area contributed by atoms with Gasteiger partial charge in [0, 0.05) is 28.5 Å². The number of benzene rings is 2. The minimum Gasteiger partial charge on any atom is -0.422 e. The van der Waals surface area contributed by atoms with Crippen molar-refractivity contribution in [2.75, 3.05) is 0 Å². The van der Waals surface area contributed by atoms with Gasteiger partial charge in [0.2, 0.25) is 0 Å². The Morgan fingerprint density at radius 3 is 2.68 bits per heavy atom. The van der Waals surface area contributed by atoms with Gasteiger partial charge in [-0.25, -0.2) is 9.78 Å². The molecule has 1 amide bonds. The molecule has 0 aliphatic carbocycles. The standard InChI is InChI=1S/C21H16ClN3O3/c1-13(14-2-5-17(6-3-14)25-9-8-23-12-25)24-20(26)18-11-15-10-16(22)4-7-19(15)28-21(18)27/h2-13H,1H3,(H,24,26)/t13-/m0/s1. The predicted octanol–water partition coefficient (Wildman–Crippen LogP) is 4.12. The van der Waals surface area contributed by atoms with Crippen LogP contribution in [0.5, 0.6) is 0 Å². The van der Waals surface area contributed by atoms with Gasteiger partial charge >= 0.3 is 5.63 Å². The maximum atomic E-state index is 12.6. The summed E-state index contributed by atoms with van der Waals surface area (Å²) in [5.74, 6) is -0.498. The fraction of sp³-hybridized carbons (Fsp3) is 0.0952. The monoisotopic (exact) mass is 393 g/mol. The van der Waals surface area contributed by atoms with Crippen molar-refractivity contribution in [3.8, 4) is 5.69 Å². The molecule has 7 heteroatoms. The van der Waals surface area contributed by atoms with Gasteiger partial charge in [0.15, 0.2) is 0 Å². The molecule has 4 rings (SSSR count).